The van der Waals surface area contributed by atoms with Crippen molar-refractivity contribution in [2.75, 3.05) is 27.7 Å². The van der Waals surface area contributed by atoms with E-state index in [-0.39, 0.29) is 24.6 Å². The van der Waals surface area contributed by atoms with Crippen LogP contribution in [0.4, 0.5) is 0 Å². The smallest absolute Gasteiger partial charge is 0.339 e. The zero-order chi connectivity index (χ0) is 15.6. The number of carboxylic acid groups (broad SMARTS) is 1. The number of rotatable bonds is 5. The van der Waals surface area contributed by atoms with Crippen molar-refractivity contribution in [3.63, 3.8) is 0 Å². The van der Waals surface area contributed by atoms with E-state index in [0.717, 1.165) is 0 Å². The summed E-state index contributed by atoms with van der Waals surface area (Å²) in [7, 11) is 5.11. The highest BCUT2D eigenvalue weighted by molar-refractivity contribution is 6.03. The van der Waals surface area contributed by atoms with Crippen molar-refractivity contribution in [1.82, 2.24) is 9.80 Å². The molecule has 112 valence electrons. The molecule has 0 saturated carbocycles. The van der Waals surface area contributed by atoms with E-state index in [1.54, 1.807) is 50.3 Å². The van der Waals surface area contributed by atoms with Crippen molar-refractivity contribution in [3.05, 3.63) is 35.6 Å². The third kappa shape index (κ3) is 3.22. The minimum atomic E-state index is -1.03. The lowest BCUT2D eigenvalue weighted by atomic mass is 10.1. The molecule has 0 bridgehead atoms. The molecule has 2 aromatic rings. The third-order valence-corrected chi connectivity index (χ3v) is 3.20. The summed E-state index contributed by atoms with van der Waals surface area (Å²) in [6.07, 6.45) is 0. The summed E-state index contributed by atoms with van der Waals surface area (Å²) in [6, 6.07) is 7.01. The van der Waals surface area contributed by atoms with Gasteiger partial charge in [0.2, 0.25) is 5.91 Å². The van der Waals surface area contributed by atoms with Gasteiger partial charge >= 0.3 is 5.97 Å². The number of carbonyl (C=O) groups is 2. The fraction of sp³-hybridized carbons (Fsp3) is 0.333. The number of likely N-dealkylation sites (N-methyl/N-ethyl adjacent to an activating group) is 2. The van der Waals surface area contributed by atoms with Crippen molar-refractivity contribution in [2.45, 2.75) is 6.54 Å². The van der Waals surface area contributed by atoms with Crippen molar-refractivity contribution >= 4 is 22.8 Å². The highest BCUT2D eigenvalue weighted by Crippen LogP contribution is 2.26. The predicted molar refractivity (Wildman–Crippen MR) is 78.2 cm³/mol. The van der Waals surface area contributed by atoms with E-state index in [4.69, 9.17) is 4.42 Å². The van der Waals surface area contributed by atoms with Crippen LogP contribution in [0.1, 0.15) is 16.1 Å². The number of para-hydroxylation sites is 1. The van der Waals surface area contributed by atoms with Crippen LogP contribution in [0.3, 0.4) is 0 Å². The minimum absolute atomic E-state index is 0.0505. The average Bonchev–Trinajstić information content (AvgIpc) is 2.75. The lowest BCUT2D eigenvalue weighted by Gasteiger charge is -2.18. The molecule has 0 saturated heterocycles. The summed E-state index contributed by atoms with van der Waals surface area (Å²) in [5, 5.41) is 9.96. The molecule has 1 amide bonds. The van der Waals surface area contributed by atoms with Crippen LogP contribution < -0.4 is 0 Å². The van der Waals surface area contributed by atoms with Gasteiger partial charge in [-0.25, -0.2) is 4.79 Å². The van der Waals surface area contributed by atoms with Crippen LogP contribution in [0, 0.1) is 0 Å². The molecule has 1 aromatic carbocycles. The second-order valence-corrected chi connectivity index (χ2v) is 5.16. The lowest BCUT2D eigenvalue weighted by Crippen LogP contribution is -2.34. The number of nitrogens with zero attached hydrogens (tertiary/aromatic N) is 2. The fourth-order valence-corrected chi connectivity index (χ4v) is 2.12. The van der Waals surface area contributed by atoms with Gasteiger partial charge in [0.25, 0.3) is 0 Å². The number of benzene rings is 1. The molecule has 6 nitrogen and oxygen atoms in total. The zero-order valence-corrected chi connectivity index (χ0v) is 12.3. The maximum absolute atomic E-state index is 11.7. The van der Waals surface area contributed by atoms with Crippen LogP contribution in [0.15, 0.2) is 28.7 Å². The van der Waals surface area contributed by atoms with Gasteiger partial charge < -0.3 is 14.4 Å². The van der Waals surface area contributed by atoms with Gasteiger partial charge in [0.15, 0.2) is 0 Å². The van der Waals surface area contributed by atoms with Crippen LogP contribution in [0.5, 0.6) is 0 Å². The Labute approximate surface area is 122 Å². The number of amides is 1. The minimum Gasteiger partial charge on any atom is -0.478 e. The molecule has 1 heterocycles. The van der Waals surface area contributed by atoms with Crippen LogP contribution in [-0.2, 0) is 11.3 Å². The first-order valence-electron chi connectivity index (χ1n) is 6.52. The number of aromatic carboxylic acids is 1. The van der Waals surface area contributed by atoms with Gasteiger partial charge in [-0.15, -0.1) is 0 Å². The molecule has 0 unspecified atom stereocenters. The molecule has 6 heteroatoms. The standard InChI is InChI=1S/C15H18N2O4/c1-16(2)13(18)9-17(3)8-12-14(15(19)20)10-6-4-5-7-11(10)21-12/h4-7H,8-9H2,1-3H3,(H,19,20). The predicted octanol–water partition coefficient (Wildman–Crippen LogP) is 1.65. The zero-order valence-electron chi connectivity index (χ0n) is 12.3. The van der Waals surface area contributed by atoms with E-state index >= 15 is 0 Å². The monoisotopic (exact) mass is 290 g/mol. The fourth-order valence-electron chi connectivity index (χ4n) is 2.12. The largest absolute Gasteiger partial charge is 0.478 e. The molecule has 0 atom stereocenters. The van der Waals surface area contributed by atoms with E-state index in [9.17, 15) is 14.7 Å². The molecule has 1 N–H and O–H groups in total. The van der Waals surface area contributed by atoms with Crippen LogP contribution in [0.25, 0.3) is 11.0 Å². The van der Waals surface area contributed by atoms with E-state index < -0.39 is 5.97 Å². The summed E-state index contributed by atoms with van der Waals surface area (Å²) >= 11 is 0. The molecule has 0 aliphatic rings. The molecule has 0 aliphatic heterocycles. The molecule has 2 rings (SSSR count). The maximum Gasteiger partial charge on any atom is 0.339 e. The number of furan rings is 1. The molecule has 0 fully saturated rings. The van der Waals surface area contributed by atoms with E-state index in [2.05, 4.69) is 0 Å². The number of hydrogen-bond donors (Lipinski definition) is 1. The molecular weight excluding hydrogens is 272 g/mol. The van der Waals surface area contributed by atoms with Crippen LogP contribution in [-0.4, -0.2) is 54.5 Å². The third-order valence-electron chi connectivity index (χ3n) is 3.20. The van der Waals surface area contributed by atoms with Crippen molar-refractivity contribution in [2.24, 2.45) is 0 Å². The average molecular weight is 290 g/mol. The topological polar surface area (TPSA) is 74.0 Å². The van der Waals surface area contributed by atoms with Gasteiger partial charge in [0, 0.05) is 19.5 Å². The second-order valence-electron chi connectivity index (χ2n) is 5.16. The molecular formula is C15H18N2O4. The van der Waals surface area contributed by atoms with E-state index in [0.29, 0.717) is 16.7 Å². The van der Waals surface area contributed by atoms with Gasteiger partial charge in [-0.3, -0.25) is 9.69 Å². The van der Waals surface area contributed by atoms with Gasteiger partial charge in [-0.1, -0.05) is 18.2 Å². The Kier molecular flexibility index (Phi) is 4.28. The first-order chi connectivity index (χ1) is 9.90. The Hall–Kier alpha value is -2.34. The highest BCUT2D eigenvalue weighted by Gasteiger charge is 2.21. The van der Waals surface area contributed by atoms with Gasteiger partial charge in [-0.05, 0) is 13.1 Å². The van der Waals surface area contributed by atoms with Crippen molar-refractivity contribution in [3.8, 4) is 0 Å². The summed E-state index contributed by atoms with van der Waals surface area (Å²) in [5.41, 5.74) is 0.701. The normalized spacial score (nSPS) is 11.0. The van der Waals surface area contributed by atoms with Crippen LogP contribution >= 0.6 is 0 Å². The SMILES string of the molecule is CN(CC(=O)N(C)C)Cc1oc2ccccc2c1C(=O)O. The van der Waals surface area contributed by atoms with Gasteiger partial charge in [0.1, 0.15) is 16.9 Å². The lowest BCUT2D eigenvalue weighted by molar-refractivity contribution is -0.129. The van der Waals surface area contributed by atoms with Gasteiger partial charge in [0.05, 0.1) is 13.1 Å². The molecule has 21 heavy (non-hydrogen) atoms. The summed E-state index contributed by atoms with van der Waals surface area (Å²) < 4.78 is 5.63. The molecule has 0 aliphatic carbocycles. The Morgan fingerprint density at radius 2 is 1.86 bits per heavy atom. The Morgan fingerprint density at radius 3 is 2.48 bits per heavy atom. The molecule has 0 spiro atoms. The Morgan fingerprint density at radius 1 is 1.19 bits per heavy atom. The molecule has 1 aromatic heterocycles. The number of carboxylic acids is 1. The summed E-state index contributed by atoms with van der Waals surface area (Å²) in [5.74, 6) is -0.717. The van der Waals surface area contributed by atoms with Crippen molar-refractivity contribution < 1.29 is 19.1 Å². The summed E-state index contributed by atoms with van der Waals surface area (Å²) in [4.78, 5) is 26.3. The summed E-state index contributed by atoms with van der Waals surface area (Å²) in [6.45, 7) is 0.457. The maximum atomic E-state index is 11.7. The van der Waals surface area contributed by atoms with Crippen molar-refractivity contribution in [1.29, 1.82) is 0 Å². The molecule has 0 radical (unpaired) electrons. The van der Waals surface area contributed by atoms with Crippen LogP contribution in [0.2, 0.25) is 0 Å². The first kappa shape index (κ1) is 15.1. The van der Waals surface area contributed by atoms with E-state index in [1.165, 1.54) is 4.90 Å². The van der Waals surface area contributed by atoms with E-state index in [1.807, 2.05) is 0 Å². The number of hydrogen-bond acceptors (Lipinski definition) is 4. The number of carbonyl (C=O) groups excluding carboxylic acids is 1. The quantitative estimate of drug-likeness (QED) is 0.906. The van der Waals surface area contributed by atoms with Gasteiger partial charge in [-0.2, -0.15) is 0 Å². The Bertz CT molecular complexity index is 675. The number of fused-ring (bicyclic) bond motifs is 1. The highest BCUT2D eigenvalue weighted by atomic mass is 16.4. The first-order valence-corrected chi connectivity index (χ1v) is 6.52. The Balaban J connectivity index is 2.27. The second kappa shape index (κ2) is 5.97.